The number of ether oxygens (including phenoxy) is 1. The second-order valence-corrected chi connectivity index (χ2v) is 4.64. The van der Waals surface area contributed by atoms with E-state index in [1.807, 2.05) is 0 Å². The van der Waals surface area contributed by atoms with Gasteiger partial charge >= 0.3 is 6.09 Å². The topological polar surface area (TPSA) is 54.1 Å². The first-order valence-corrected chi connectivity index (χ1v) is 6.32. The first-order chi connectivity index (χ1) is 8.25. The molecule has 2 N–H and O–H groups in total. The monoisotopic (exact) mass is 252 g/mol. The number of nitrogens with one attached hydrogen (secondary N) is 2. The fourth-order valence-corrected chi connectivity index (χ4v) is 2.21. The van der Waals surface area contributed by atoms with E-state index in [1.54, 1.807) is 18.3 Å². The van der Waals surface area contributed by atoms with Gasteiger partial charge in [0.1, 0.15) is 4.64 Å². The lowest BCUT2D eigenvalue weighted by molar-refractivity contribution is 0.191. The minimum atomic E-state index is -0.414. The summed E-state index contributed by atoms with van der Waals surface area (Å²) in [6, 6.07) is 3.68. The molecule has 1 saturated carbocycles. The highest BCUT2D eigenvalue weighted by Crippen LogP contribution is 2.18. The maximum Gasteiger partial charge on any atom is 0.412 e. The Kier molecular flexibility index (Phi) is 4.14. The van der Waals surface area contributed by atoms with Crippen molar-refractivity contribution in [1.82, 2.24) is 10.3 Å². The SMILES string of the molecule is O=C(NC1CCCCC1)Oc1ccc[nH]c1=S. The van der Waals surface area contributed by atoms with E-state index in [0.717, 1.165) is 12.8 Å². The number of H-pyrrole nitrogens is 1. The third-order valence-corrected chi connectivity index (χ3v) is 3.23. The molecule has 1 fully saturated rings. The largest absolute Gasteiger partial charge is 0.412 e. The molecule has 1 aliphatic rings. The summed E-state index contributed by atoms with van der Waals surface area (Å²) in [5.41, 5.74) is 0. The zero-order chi connectivity index (χ0) is 12.1. The van der Waals surface area contributed by atoms with Crippen LogP contribution in [-0.2, 0) is 0 Å². The molecule has 0 unspecified atom stereocenters. The Hall–Kier alpha value is -1.36. The summed E-state index contributed by atoms with van der Waals surface area (Å²) in [7, 11) is 0. The summed E-state index contributed by atoms with van der Waals surface area (Å²) < 4.78 is 5.60. The molecule has 1 amide bonds. The Bertz CT molecular complexity index is 438. The maximum atomic E-state index is 11.6. The van der Waals surface area contributed by atoms with Crippen molar-refractivity contribution in [3.05, 3.63) is 23.0 Å². The summed E-state index contributed by atoms with van der Waals surface area (Å²) in [5, 5.41) is 2.87. The number of hydrogen-bond acceptors (Lipinski definition) is 3. The van der Waals surface area contributed by atoms with E-state index in [9.17, 15) is 4.79 Å². The number of hydrogen-bond donors (Lipinski definition) is 2. The van der Waals surface area contributed by atoms with Crippen LogP contribution in [0.1, 0.15) is 32.1 Å². The summed E-state index contributed by atoms with van der Waals surface area (Å²) in [5.74, 6) is 0.399. The second-order valence-electron chi connectivity index (χ2n) is 4.23. The molecule has 0 aliphatic heterocycles. The molecule has 17 heavy (non-hydrogen) atoms. The smallest absolute Gasteiger partial charge is 0.407 e. The van der Waals surface area contributed by atoms with E-state index in [-0.39, 0.29) is 6.04 Å². The Morgan fingerprint density at radius 1 is 1.41 bits per heavy atom. The van der Waals surface area contributed by atoms with Crippen molar-refractivity contribution in [2.24, 2.45) is 0 Å². The zero-order valence-electron chi connectivity index (χ0n) is 9.57. The Labute approximate surface area is 105 Å². The van der Waals surface area contributed by atoms with Crippen molar-refractivity contribution < 1.29 is 9.53 Å². The van der Waals surface area contributed by atoms with Gasteiger partial charge in [0.05, 0.1) is 0 Å². The van der Waals surface area contributed by atoms with Crippen LogP contribution in [0.4, 0.5) is 4.79 Å². The number of rotatable bonds is 2. The summed E-state index contributed by atoms with van der Waals surface area (Å²) in [6.07, 6.45) is 6.98. The van der Waals surface area contributed by atoms with Crippen LogP contribution in [0, 0.1) is 4.64 Å². The lowest BCUT2D eigenvalue weighted by Gasteiger charge is -2.22. The first kappa shape index (κ1) is 12.1. The fraction of sp³-hybridized carbons (Fsp3) is 0.500. The third-order valence-electron chi connectivity index (χ3n) is 2.91. The average Bonchev–Trinajstić information content (AvgIpc) is 2.33. The van der Waals surface area contributed by atoms with E-state index in [2.05, 4.69) is 10.3 Å². The van der Waals surface area contributed by atoms with Gasteiger partial charge in [0, 0.05) is 12.2 Å². The van der Waals surface area contributed by atoms with E-state index < -0.39 is 6.09 Å². The highest BCUT2D eigenvalue weighted by atomic mass is 32.1. The predicted molar refractivity (Wildman–Crippen MR) is 67.7 cm³/mol. The number of carbonyl (C=O) groups excluding carboxylic acids is 1. The Morgan fingerprint density at radius 3 is 2.88 bits per heavy atom. The lowest BCUT2D eigenvalue weighted by Crippen LogP contribution is -2.38. The van der Waals surface area contributed by atoms with Crippen LogP contribution in [0.15, 0.2) is 18.3 Å². The highest BCUT2D eigenvalue weighted by Gasteiger charge is 2.16. The van der Waals surface area contributed by atoms with Crippen molar-refractivity contribution in [2.45, 2.75) is 38.1 Å². The molecule has 0 radical (unpaired) electrons. The van der Waals surface area contributed by atoms with Crippen LogP contribution in [0.3, 0.4) is 0 Å². The maximum absolute atomic E-state index is 11.6. The van der Waals surface area contributed by atoms with Crippen LogP contribution < -0.4 is 10.1 Å². The molecule has 1 aromatic rings. The fourth-order valence-electron chi connectivity index (χ4n) is 2.03. The Balaban J connectivity index is 1.89. The molecule has 4 nitrogen and oxygen atoms in total. The van der Waals surface area contributed by atoms with Crippen molar-refractivity contribution in [3.8, 4) is 5.75 Å². The Morgan fingerprint density at radius 2 is 2.18 bits per heavy atom. The normalized spacial score (nSPS) is 16.5. The molecule has 0 aromatic carbocycles. The second kappa shape index (κ2) is 5.82. The summed E-state index contributed by atoms with van der Waals surface area (Å²) in [4.78, 5) is 14.5. The van der Waals surface area contributed by atoms with Crippen LogP contribution in [0.2, 0.25) is 0 Å². The number of aromatic nitrogens is 1. The molecular formula is C12H16N2O2S. The van der Waals surface area contributed by atoms with Gasteiger partial charge in [-0.05, 0) is 25.0 Å². The summed E-state index contributed by atoms with van der Waals surface area (Å²) >= 11 is 5.01. The van der Waals surface area contributed by atoms with Gasteiger partial charge < -0.3 is 15.0 Å². The molecule has 0 atom stereocenters. The van der Waals surface area contributed by atoms with Crippen molar-refractivity contribution in [1.29, 1.82) is 0 Å². The standard InChI is InChI=1S/C12H16N2O2S/c15-12(14-9-5-2-1-3-6-9)16-10-7-4-8-13-11(10)17/h4,7-9H,1-3,5-6H2,(H,13,17)(H,14,15). The van der Waals surface area contributed by atoms with E-state index in [4.69, 9.17) is 17.0 Å². The molecule has 5 heteroatoms. The summed E-state index contributed by atoms with van der Waals surface area (Å²) in [6.45, 7) is 0. The van der Waals surface area contributed by atoms with Crippen LogP contribution >= 0.6 is 12.2 Å². The molecule has 0 spiro atoms. The molecule has 1 aromatic heterocycles. The molecule has 1 heterocycles. The molecule has 0 bridgehead atoms. The van der Waals surface area contributed by atoms with Crippen molar-refractivity contribution in [3.63, 3.8) is 0 Å². The zero-order valence-corrected chi connectivity index (χ0v) is 10.4. The predicted octanol–water partition coefficient (Wildman–Crippen LogP) is 3.17. The molecule has 0 saturated heterocycles. The average molecular weight is 252 g/mol. The van der Waals surface area contributed by atoms with Crippen LogP contribution in [0.5, 0.6) is 5.75 Å². The first-order valence-electron chi connectivity index (χ1n) is 5.92. The molecule has 2 rings (SSSR count). The quantitative estimate of drug-likeness (QED) is 0.795. The van der Waals surface area contributed by atoms with Gasteiger partial charge in [-0.2, -0.15) is 0 Å². The molecule has 1 aliphatic carbocycles. The van der Waals surface area contributed by atoms with Crippen LogP contribution in [-0.4, -0.2) is 17.1 Å². The van der Waals surface area contributed by atoms with E-state index in [0.29, 0.717) is 10.4 Å². The third kappa shape index (κ3) is 3.56. The number of carbonyl (C=O) groups is 1. The van der Waals surface area contributed by atoms with Crippen molar-refractivity contribution >= 4 is 18.3 Å². The van der Waals surface area contributed by atoms with Crippen molar-refractivity contribution in [2.75, 3.05) is 0 Å². The van der Waals surface area contributed by atoms with E-state index in [1.165, 1.54) is 19.3 Å². The van der Waals surface area contributed by atoms with Gasteiger partial charge in [0.25, 0.3) is 0 Å². The number of pyridine rings is 1. The van der Waals surface area contributed by atoms with Gasteiger partial charge in [-0.3, -0.25) is 0 Å². The minimum Gasteiger partial charge on any atom is -0.407 e. The lowest BCUT2D eigenvalue weighted by atomic mass is 9.96. The van der Waals surface area contributed by atoms with Crippen LogP contribution in [0.25, 0.3) is 0 Å². The highest BCUT2D eigenvalue weighted by molar-refractivity contribution is 7.71. The van der Waals surface area contributed by atoms with Gasteiger partial charge in [-0.1, -0.05) is 31.5 Å². The van der Waals surface area contributed by atoms with Gasteiger partial charge in [-0.25, -0.2) is 4.79 Å². The van der Waals surface area contributed by atoms with Gasteiger partial charge in [0.15, 0.2) is 5.75 Å². The number of aromatic amines is 1. The molecular weight excluding hydrogens is 236 g/mol. The van der Waals surface area contributed by atoms with E-state index >= 15 is 0 Å². The van der Waals surface area contributed by atoms with Gasteiger partial charge in [-0.15, -0.1) is 0 Å². The van der Waals surface area contributed by atoms with Gasteiger partial charge in [0.2, 0.25) is 0 Å². The minimum absolute atomic E-state index is 0.248. The molecule has 92 valence electrons. The number of amides is 1.